The van der Waals surface area contributed by atoms with Crippen LogP contribution in [0.5, 0.6) is 5.75 Å². The van der Waals surface area contributed by atoms with Gasteiger partial charge in [0.2, 0.25) is 0 Å². The SMILES string of the molecule is CCNC(=NCc1cccc(OC)c1)NC1CCN(CC(F)(F)F)C1.I. The molecule has 9 heteroatoms. The second-order valence-electron chi connectivity index (χ2n) is 6.03. The van der Waals surface area contributed by atoms with Crippen molar-refractivity contribution < 1.29 is 17.9 Å². The Kier molecular flexibility index (Phi) is 9.48. The average Bonchev–Trinajstić information content (AvgIpc) is 2.98. The van der Waals surface area contributed by atoms with Crippen LogP contribution >= 0.6 is 24.0 Å². The molecule has 1 fully saturated rings. The van der Waals surface area contributed by atoms with Gasteiger partial charge in [0.25, 0.3) is 0 Å². The number of guanidine groups is 1. The van der Waals surface area contributed by atoms with Gasteiger partial charge in [-0.1, -0.05) is 12.1 Å². The van der Waals surface area contributed by atoms with Gasteiger partial charge in [0.1, 0.15) is 5.75 Å². The number of hydrogen-bond acceptors (Lipinski definition) is 3. The summed E-state index contributed by atoms with van der Waals surface area (Å²) in [6, 6.07) is 7.59. The first-order valence-electron chi connectivity index (χ1n) is 8.36. The second-order valence-corrected chi connectivity index (χ2v) is 6.03. The maximum Gasteiger partial charge on any atom is 0.401 e. The van der Waals surface area contributed by atoms with Crippen LogP contribution in [-0.2, 0) is 6.54 Å². The van der Waals surface area contributed by atoms with Crippen LogP contribution in [0, 0.1) is 0 Å². The Hall–Kier alpha value is -1.23. The first-order chi connectivity index (χ1) is 11.9. The molecule has 1 heterocycles. The van der Waals surface area contributed by atoms with Gasteiger partial charge in [0.05, 0.1) is 20.2 Å². The number of aliphatic imine (C=N–C) groups is 1. The molecule has 2 rings (SSSR count). The molecule has 26 heavy (non-hydrogen) atoms. The number of methoxy groups -OCH3 is 1. The van der Waals surface area contributed by atoms with E-state index in [1.54, 1.807) is 7.11 Å². The quantitative estimate of drug-likeness (QED) is 0.369. The van der Waals surface area contributed by atoms with E-state index in [9.17, 15) is 13.2 Å². The summed E-state index contributed by atoms with van der Waals surface area (Å²) in [6.45, 7) is 3.04. The minimum atomic E-state index is -4.15. The first kappa shape index (κ1) is 22.8. The highest BCUT2D eigenvalue weighted by molar-refractivity contribution is 14.0. The summed E-state index contributed by atoms with van der Waals surface area (Å²) in [5, 5.41) is 6.37. The Labute approximate surface area is 169 Å². The zero-order valence-electron chi connectivity index (χ0n) is 15.0. The lowest BCUT2D eigenvalue weighted by atomic mass is 10.2. The number of halogens is 4. The van der Waals surface area contributed by atoms with Gasteiger partial charge in [-0.3, -0.25) is 4.90 Å². The molecule has 1 aromatic rings. The van der Waals surface area contributed by atoms with Gasteiger partial charge in [-0.15, -0.1) is 24.0 Å². The van der Waals surface area contributed by atoms with Crippen molar-refractivity contribution in [2.45, 2.75) is 32.1 Å². The van der Waals surface area contributed by atoms with Crippen LogP contribution in [0.1, 0.15) is 18.9 Å². The van der Waals surface area contributed by atoms with Gasteiger partial charge in [-0.25, -0.2) is 4.99 Å². The molecule has 0 aliphatic carbocycles. The van der Waals surface area contributed by atoms with Crippen molar-refractivity contribution in [2.75, 3.05) is 33.3 Å². The van der Waals surface area contributed by atoms with Crippen molar-refractivity contribution in [1.29, 1.82) is 0 Å². The predicted octanol–water partition coefficient (Wildman–Crippen LogP) is 3.00. The fraction of sp³-hybridized carbons (Fsp3) is 0.588. The fourth-order valence-electron chi connectivity index (χ4n) is 2.80. The van der Waals surface area contributed by atoms with Crippen molar-refractivity contribution in [3.63, 3.8) is 0 Å². The minimum absolute atomic E-state index is 0. The van der Waals surface area contributed by atoms with Gasteiger partial charge in [-0.05, 0) is 31.0 Å². The van der Waals surface area contributed by atoms with E-state index in [0.717, 1.165) is 11.3 Å². The van der Waals surface area contributed by atoms with Crippen LogP contribution in [0.2, 0.25) is 0 Å². The normalized spacial score (nSPS) is 18.3. The highest BCUT2D eigenvalue weighted by atomic mass is 127. The van der Waals surface area contributed by atoms with Crippen LogP contribution in [0.4, 0.5) is 13.2 Å². The molecular weight excluding hydrogens is 460 g/mol. The smallest absolute Gasteiger partial charge is 0.401 e. The van der Waals surface area contributed by atoms with E-state index in [-0.39, 0.29) is 30.0 Å². The lowest BCUT2D eigenvalue weighted by Crippen LogP contribution is -2.45. The van der Waals surface area contributed by atoms with E-state index in [1.807, 2.05) is 31.2 Å². The number of nitrogens with one attached hydrogen (secondary N) is 2. The minimum Gasteiger partial charge on any atom is -0.497 e. The maximum absolute atomic E-state index is 12.5. The Balaban J connectivity index is 0.00000338. The monoisotopic (exact) mass is 486 g/mol. The molecule has 1 saturated heterocycles. The van der Waals surface area contributed by atoms with E-state index >= 15 is 0 Å². The topological polar surface area (TPSA) is 48.9 Å². The van der Waals surface area contributed by atoms with Gasteiger partial charge >= 0.3 is 6.18 Å². The first-order valence-corrected chi connectivity index (χ1v) is 8.36. The lowest BCUT2D eigenvalue weighted by Gasteiger charge is -2.19. The molecular formula is C17H26F3IN4O. The number of hydrogen-bond donors (Lipinski definition) is 2. The second kappa shape index (κ2) is 10.8. The summed E-state index contributed by atoms with van der Waals surface area (Å²) in [4.78, 5) is 5.94. The van der Waals surface area contributed by atoms with Crippen LogP contribution in [0.15, 0.2) is 29.3 Å². The molecule has 2 N–H and O–H groups in total. The molecule has 5 nitrogen and oxygen atoms in total. The number of benzene rings is 1. The summed E-state index contributed by atoms with van der Waals surface area (Å²) in [6.07, 6.45) is -3.49. The van der Waals surface area contributed by atoms with Crippen molar-refractivity contribution in [1.82, 2.24) is 15.5 Å². The molecule has 1 aliphatic rings. The van der Waals surface area contributed by atoms with Crippen LogP contribution < -0.4 is 15.4 Å². The maximum atomic E-state index is 12.5. The van der Waals surface area contributed by atoms with E-state index in [4.69, 9.17) is 4.74 Å². The van der Waals surface area contributed by atoms with Crippen LogP contribution in [0.25, 0.3) is 0 Å². The summed E-state index contributed by atoms with van der Waals surface area (Å²) in [5.74, 6) is 1.38. The number of likely N-dealkylation sites (tertiary alicyclic amines) is 1. The Bertz CT molecular complexity index is 583. The highest BCUT2D eigenvalue weighted by Crippen LogP contribution is 2.20. The molecule has 1 unspecified atom stereocenters. The number of alkyl halides is 3. The molecule has 1 aromatic carbocycles. The molecule has 1 atom stereocenters. The standard InChI is InChI=1S/C17H25F3N4O.HI/c1-3-21-16(22-10-13-5-4-6-15(9-13)25-2)23-14-7-8-24(11-14)12-17(18,19)20;/h4-6,9,14H,3,7-8,10-12H2,1-2H3,(H2,21,22,23);1H. The van der Waals surface area contributed by atoms with Gasteiger partial charge in [0, 0.05) is 25.7 Å². The Morgan fingerprint density at radius 1 is 1.38 bits per heavy atom. The zero-order chi connectivity index (χ0) is 18.3. The van der Waals surface area contributed by atoms with Crippen molar-refractivity contribution in [3.8, 4) is 5.75 Å². The van der Waals surface area contributed by atoms with E-state index in [0.29, 0.717) is 38.6 Å². The van der Waals surface area contributed by atoms with Crippen molar-refractivity contribution in [3.05, 3.63) is 29.8 Å². The van der Waals surface area contributed by atoms with E-state index < -0.39 is 12.7 Å². The molecule has 0 radical (unpaired) electrons. The summed E-state index contributed by atoms with van der Waals surface area (Å²) in [7, 11) is 1.61. The number of rotatable bonds is 6. The predicted molar refractivity (Wildman–Crippen MR) is 107 cm³/mol. The van der Waals surface area contributed by atoms with Crippen molar-refractivity contribution in [2.24, 2.45) is 4.99 Å². The highest BCUT2D eigenvalue weighted by Gasteiger charge is 2.34. The molecule has 148 valence electrons. The number of nitrogens with zero attached hydrogens (tertiary/aromatic N) is 2. The summed E-state index contributed by atoms with van der Waals surface area (Å²) >= 11 is 0. The van der Waals surface area contributed by atoms with Gasteiger partial charge in [0.15, 0.2) is 5.96 Å². The van der Waals surface area contributed by atoms with Gasteiger partial charge in [-0.2, -0.15) is 13.2 Å². The van der Waals surface area contributed by atoms with Gasteiger partial charge < -0.3 is 15.4 Å². The van der Waals surface area contributed by atoms with Crippen LogP contribution in [-0.4, -0.2) is 56.4 Å². The third-order valence-corrected chi connectivity index (χ3v) is 3.91. The fourth-order valence-corrected chi connectivity index (χ4v) is 2.80. The molecule has 0 saturated carbocycles. The third kappa shape index (κ3) is 7.98. The zero-order valence-corrected chi connectivity index (χ0v) is 17.3. The van der Waals surface area contributed by atoms with Crippen LogP contribution in [0.3, 0.4) is 0 Å². The largest absolute Gasteiger partial charge is 0.497 e. The molecule has 0 amide bonds. The van der Waals surface area contributed by atoms with E-state index in [2.05, 4.69) is 15.6 Å². The lowest BCUT2D eigenvalue weighted by molar-refractivity contribution is -0.143. The third-order valence-electron chi connectivity index (χ3n) is 3.91. The summed E-state index contributed by atoms with van der Waals surface area (Å²) < 4.78 is 42.6. The van der Waals surface area contributed by atoms with Crippen molar-refractivity contribution >= 4 is 29.9 Å². The molecule has 1 aliphatic heterocycles. The molecule has 0 bridgehead atoms. The molecule has 0 aromatic heterocycles. The Morgan fingerprint density at radius 2 is 2.15 bits per heavy atom. The average molecular weight is 486 g/mol. The molecule has 0 spiro atoms. The number of ether oxygens (including phenoxy) is 1. The summed E-state index contributed by atoms with van der Waals surface area (Å²) in [5.41, 5.74) is 1.00. The van der Waals surface area contributed by atoms with E-state index in [1.165, 1.54) is 4.90 Å². The Morgan fingerprint density at radius 3 is 2.81 bits per heavy atom.